The van der Waals surface area contributed by atoms with E-state index in [1.807, 2.05) is 9.58 Å². The van der Waals surface area contributed by atoms with Gasteiger partial charge in [0, 0.05) is 26.2 Å². The van der Waals surface area contributed by atoms with E-state index >= 15 is 0 Å². The van der Waals surface area contributed by atoms with Gasteiger partial charge in [-0.15, -0.1) is 0 Å². The first-order valence-electron chi connectivity index (χ1n) is 9.17. The Balaban J connectivity index is 1.32. The lowest BCUT2D eigenvalue weighted by Crippen LogP contribution is -2.46. The highest BCUT2D eigenvalue weighted by Gasteiger charge is 2.26. The minimum Gasteiger partial charge on any atom is -0.337 e. The van der Waals surface area contributed by atoms with Crippen LogP contribution in [-0.2, 0) is 24.3 Å². The molecule has 1 amide bonds. The van der Waals surface area contributed by atoms with Crippen molar-refractivity contribution in [2.24, 2.45) is 5.92 Å². The molecule has 2 aliphatic heterocycles. The van der Waals surface area contributed by atoms with E-state index < -0.39 is 0 Å². The van der Waals surface area contributed by atoms with E-state index in [1.54, 1.807) is 12.7 Å². The van der Waals surface area contributed by atoms with Gasteiger partial charge in [-0.3, -0.25) is 14.4 Å². The predicted molar refractivity (Wildman–Crippen MR) is 94.7 cm³/mol. The van der Waals surface area contributed by atoms with Crippen molar-refractivity contribution in [3.8, 4) is 0 Å². The van der Waals surface area contributed by atoms with Crippen molar-refractivity contribution >= 4 is 5.91 Å². The average Bonchev–Trinajstić information content (AvgIpc) is 3.14. The number of fused-ring (bicyclic) bond motifs is 1. The van der Waals surface area contributed by atoms with Crippen molar-refractivity contribution in [2.45, 2.75) is 32.4 Å². The molecule has 2 aliphatic rings. The molecular weight excluding hydrogens is 314 g/mol. The standard InChI is InChI=1S/C19H25N5O/c25-19(23-9-7-17-5-1-2-6-18(17)12-23)13-22-8-3-4-16(10-22)11-24-15-20-14-21-24/h1-2,5-6,14-16H,3-4,7-13H2/t16-/m1/s1. The Bertz CT molecular complexity index is 714. The Labute approximate surface area is 148 Å². The minimum atomic E-state index is 0.260. The van der Waals surface area contributed by atoms with Crippen LogP contribution in [0, 0.1) is 5.92 Å². The van der Waals surface area contributed by atoms with Gasteiger partial charge in [0.15, 0.2) is 0 Å². The number of hydrogen-bond acceptors (Lipinski definition) is 4. The van der Waals surface area contributed by atoms with E-state index in [2.05, 4.69) is 39.2 Å². The summed E-state index contributed by atoms with van der Waals surface area (Å²) >= 11 is 0. The third kappa shape index (κ3) is 3.90. The molecule has 4 rings (SSSR count). The summed E-state index contributed by atoms with van der Waals surface area (Å²) < 4.78 is 1.90. The van der Waals surface area contributed by atoms with Crippen LogP contribution in [0.25, 0.3) is 0 Å². The van der Waals surface area contributed by atoms with Gasteiger partial charge in [0.2, 0.25) is 5.91 Å². The number of aromatic nitrogens is 3. The number of carbonyl (C=O) groups is 1. The van der Waals surface area contributed by atoms with Crippen LogP contribution >= 0.6 is 0 Å². The zero-order chi connectivity index (χ0) is 17.1. The highest BCUT2D eigenvalue weighted by atomic mass is 16.2. The summed E-state index contributed by atoms with van der Waals surface area (Å²) in [5.74, 6) is 0.807. The predicted octanol–water partition coefficient (Wildman–Crippen LogP) is 1.57. The number of nitrogens with zero attached hydrogens (tertiary/aromatic N) is 5. The number of benzene rings is 1. The van der Waals surface area contributed by atoms with Crippen LogP contribution in [0.2, 0.25) is 0 Å². The normalized spacial score (nSPS) is 21.1. The molecule has 1 fully saturated rings. The molecule has 0 bridgehead atoms. The van der Waals surface area contributed by atoms with Crippen LogP contribution in [0.1, 0.15) is 24.0 Å². The van der Waals surface area contributed by atoms with E-state index in [9.17, 15) is 4.79 Å². The third-order valence-electron chi connectivity index (χ3n) is 5.36. The van der Waals surface area contributed by atoms with Crippen molar-refractivity contribution in [1.29, 1.82) is 0 Å². The highest BCUT2D eigenvalue weighted by molar-refractivity contribution is 5.78. The van der Waals surface area contributed by atoms with Crippen LogP contribution < -0.4 is 0 Å². The second kappa shape index (κ2) is 7.35. The Morgan fingerprint density at radius 3 is 2.92 bits per heavy atom. The van der Waals surface area contributed by atoms with Gasteiger partial charge >= 0.3 is 0 Å². The van der Waals surface area contributed by atoms with Gasteiger partial charge in [0.1, 0.15) is 12.7 Å². The minimum absolute atomic E-state index is 0.260. The van der Waals surface area contributed by atoms with Crippen LogP contribution in [0.3, 0.4) is 0 Å². The summed E-state index contributed by atoms with van der Waals surface area (Å²) in [4.78, 5) is 21.1. The maximum Gasteiger partial charge on any atom is 0.237 e. The number of carbonyl (C=O) groups excluding carboxylic acids is 1. The van der Waals surface area contributed by atoms with Gasteiger partial charge in [-0.25, -0.2) is 4.98 Å². The van der Waals surface area contributed by atoms with Gasteiger partial charge in [-0.1, -0.05) is 24.3 Å². The quantitative estimate of drug-likeness (QED) is 0.849. The largest absolute Gasteiger partial charge is 0.337 e. The Hall–Kier alpha value is -2.21. The number of hydrogen-bond donors (Lipinski definition) is 0. The molecule has 0 aliphatic carbocycles. The van der Waals surface area contributed by atoms with Crippen LogP contribution in [0.5, 0.6) is 0 Å². The fourth-order valence-corrected chi connectivity index (χ4v) is 4.04. The van der Waals surface area contributed by atoms with Gasteiger partial charge in [-0.05, 0) is 42.9 Å². The lowest BCUT2D eigenvalue weighted by molar-refractivity contribution is -0.133. The highest BCUT2D eigenvalue weighted by Crippen LogP contribution is 2.21. The van der Waals surface area contributed by atoms with E-state index in [1.165, 1.54) is 17.5 Å². The fraction of sp³-hybridized carbons (Fsp3) is 0.526. The fourth-order valence-electron chi connectivity index (χ4n) is 4.04. The van der Waals surface area contributed by atoms with E-state index in [0.29, 0.717) is 12.5 Å². The topological polar surface area (TPSA) is 54.3 Å². The monoisotopic (exact) mass is 339 g/mol. The Morgan fingerprint density at radius 1 is 1.20 bits per heavy atom. The molecule has 6 heteroatoms. The second-order valence-electron chi connectivity index (χ2n) is 7.19. The van der Waals surface area contributed by atoms with Crippen LogP contribution in [-0.4, -0.2) is 56.7 Å². The van der Waals surface area contributed by atoms with Gasteiger partial charge in [-0.2, -0.15) is 5.10 Å². The molecule has 1 aromatic heterocycles. The molecule has 1 aromatic carbocycles. The summed E-state index contributed by atoms with van der Waals surface area (Å²) in [6.45, 7) is 5.01. The number of amides is 1. The van der Waals surface area contributed by atoms with E-state index in [0.717, 1.165) is 45.6 Å². The lowest BCUT2D eigenvalue weighted by Gasteiger charge is -2.35. The summed E-state index contributed by atoms with van der Waals surface area (Å²) in [6, 6.07) is 8.46. The lowest BCUT2D eigenvalue weighted by atomic mass is 9.97. The van der Waals surface area contributed by atoms with E-state index in [4.69, 9.17) is 0 Å². The van der Waals surface area contributed by atoms with Crippen LogP contribution in [0.15, 0.2) is 36.9 Å². The van der Waals surface area contributed by atoms with Crippen molar-refractivity contribution in [3.05, 3.63) is 48.0 Å². The van der Waals surface area contributed by atoms with Gasteiger partial charge < -0.3 is 4.90 Å². The van der Waals surface area contributed by atoms with Crippen molar-refractivity contribution in [1.82, 2.24) is 24.6 Å². The Kier molecular flexibility index (Phi) is 4.78. The molecule has 0 saturated carbocycles. The van der Waals surface area contributed by atoms with Gasteiger partial charge in [0.05, 0.1) is 6.54 Å². The summed E-state index contributed by atoms with van der Waals surface area (Å²) in [5, 5.41) is 4.20. The zero-order valence-electron chi connectivity index (χ0n) is 14.5. The molecule has 0 N–H and O–H groups in total. The number of rotatable bonds is 4. The smallest absolute Gasteiger partial charge is 0.237 e. The molecule has 0 radical (unpaired) electrons. The molecule has 1 atom stereocenters. The molecule has 25 heavy (non-hydrogen) atoms. The second-order valence-corrected chi connectivity index (χ2v) is 7.19. The molecule has 132 valence electrons. The Morgan fingerprint density at radius 2 is 2.08 bits per heavy atom. The first kappa shape index (κ1) is 16.3. The molecule has 1 saturated heterocycles. The summed E-state index contributed by atoms with van der Waals surface area (Å²) in [7, 11) is 0. The zero-order valence-corrected chi connectivity index (χ0v) is 14.5. The number of likely N-dealkylation sites (tertiary alicyclic amines) is 1. The van der Waals surface area contributed by atoms with Gasteiger partial charge in [0.25, 0.3) is 0 Å². The molecular formula is C19H25N5O. The maximum atomic E-state index is 12.8. The summed E-state index contributed by atoms with van der Waals surface area (Å²) in [6.07, 6.45) is 6.67. The first-order valence-corrected chi connectivity index (χ1v) is 9.17. The van der Waals surface area contributed by atoms with E-state index in [-0.39, 0.29) is 5.91 Å². The van der Waals surface area contributed by atoms with Crippen LogP contribution in [0.4, 0.5) is 0 Å². The molecule has 0 spiro atoms. The first-order chi connectivity index (χ1) is 12.3. The SMILES string of the molecule is O=C(CN1CCC[C@@H](Cn2cncn2)C1)N1CCc2ccccc2C1. The maximum absolute atomic E-state index is 12.8. The third-order valence-corrected chi connectivity index (χ3v) is 5.36. The molecule has 3 heterocycles. The van der Waals surface area contributed by atoms with Crippen molar-refractivity contribution in [2.75, 3.05) is 26.2 Å². The molecule has 6 nitrogen and oxygen atoms in total. The number of piperidine rings is 1. The molecule has 2 aromatic rings. The van der Waals surface area contributed by atoms with Crippen molar-refractivity contribution in [3.63, 3.8) is 0 Å². The summed E-state index contributed by atoms with van der Waals surface area (Å²) in [5.41, 5.74) is 2.68. The molecule has 0 unspecified atom stereocenters. The van der Waals surface area contributed by atoms with Crippen molar-refractivity contribution < 1.29 is 4.79 Å². The average molecular weight is 339 g/mol.